The minimum absolute atomic E-state index is 0.175. The highest BCUT2D eigenvalue weighted by Gasteiger charge is 2.06. The summed E-state index contributed by atoms with van der Waals surface area (Å²) >= 11 is 17.4. The second-order valence-corrected chi connectivity index (χ2v) is 4.60. The monoisotopic (exact) mass is 305 g/mol. The van der Waals surface area contributed by atoms with E-state index in [4.69, 9.17) is 39.5 Å². The van der Waals surface area contributed by atoms with E-state index >= 15 is 0 Å². The molecule has 0 saturated heterocycles. The van der Waals surface area contributed by atoms with Crippen molar-refractivity contribution < 1.29 is 9.13 Å². The molecule has 1 aromatic carbocycles. The molecule has 2 aromatic rings. The van der Waals surface area contributed by atoms with E-state index in [1.54, 1.807) is 12.1 Å². The molecule has 0 N–H and O–H groups in total. The zero-order valence-corrected chi connectivity index (χ0v) is 11.2. The second kappa shape index (κ2) is 5.74. The predicted octanol–water partition coefficient (Wildman–Crippen LogP) is 4.76. The van der Waals surface area contributed by atoms with Crippen LogP contribution in [0.4, 0.5) is 4.39 Å². The Morgan fingerprint density at radius 3 is 2.56 bits per heavy atom. The molecule has 0 aliphatic carbocycles. The van der Waals surface area contributed by atoms with Crippen LogP contribution in [-0.2, 0) is 6.61 Å². The van der Waals surface area contributed by atoms with Crippen molar-refractivity contribution in [3.63, 3.8) is 0 Å². The first-order valence-electron chi connectivity index (χ1n) is 4.95. The van der Waals surface area contributed by atoms with E-state index in [9.17, 15) is 4.39 Å². The van der Waals surface area contributed by atoms with Gasteiger partial charge in [0.25, 0.3) is 0 Å². The second-order valence-electron chi connectivity index (χ2n) is 3.45. The molecule has 0 amide bonds. The number of hydrogen-bond donors (Lipinski definition) is 0. The van der Waals surface area contributed by atoms with Gasteiger partial charge in [0.15, 0.2) is 0 Å². The van der Waals surface area contributed by atoms with Gasteiger partial charge in [0, 0.05) is 5.56 Å². The van der Waals surface area contributed by atoms with Crippen molar-refractivity contribution >= 4 is 34.8 Å². The van der Waals surface area contributed by atoms with Gasteiger partial charge < -0.3 is 4.74 Å². The third kappa shape index (κ3) is 3.25. The fraction of sp³-hybridized carbons (Fsp3) is 0.0833. The van der Waals surface area contributed by atoms with E-state index in [0.29, 0.717) is 16.5 Å². The summed E-state index contributed by atoms with van der Waals surface area (Å²) in [5.74, 6) is -0.0392. The average molecular weight is 307 g/mol. The number of halogens is 4. The van der Waals surface area contributed by atoms with E-state index in [1.165, 1.54) is 18.2 Å². The van der Waals surface area contributed by atoms with Crippen LogP contribution in [0.25, 0.3) is 0 Å². The lowest BCUT2D eigenvalue weighted by molar-refractivity contribution is 0.305. The Bertz CT molecular complexity index is 526. The quantitative estimate of drug-likeness (QED) is 0.763. The lowest BCUT2D eigenvalue weighted by Crippen LogP contribution is -1.98. The number of aromatic nitrogens is 1. The van der Waals surface area contributed by atoms with Gasteiger partial charge in [0.05, 0.1) is 5.02 Å². The SMILES string of the molecule is Fc1ccc(OCc2ccc(Cl)nc2Cl)c(Cl)c1. The maximum absolute atomic E-state index is 12.8. The Balaban J connectivity index is 2.11. The van der Waals surface area contributed by atoms with Gasteiger partial charge in [-0.15, -0.1) is 0 Å². The van der Waals surface area contributed by atoms with Crippen molar-refractivity contribution in [1.29, 1.82) is 0 Å². The molecule has 0 atom stereocenters. The number of nitrogens with zero attached hydrogens (tertiary/aromatic N) is 1. The smallest absolute Gasteiger partial charge is 0.138 e. The Kier molecular flexibility index (Phi) is 4.27. The highest BCUT2D eigenvalue weighted by molar-refractivity contribution is 6.33. The molecule has 0 saturated carbocycles. The van der Waals surface area contributed by atoms with Crippen LogP contribution >= 0.6 is 34.8 Å². The third-order valence-electron chi connectivity index (χ3n) is 2.17. The molecule has 1 heterocycles. The Morgan fingerprint density at radius 1 is 1.11 bits per heavy atom. The van der Waals surface area contributed by atoms with Crippen LogP contribution in [0.2, 0.25) is 15.3 Å². The highest BCUT2D eigenvalue weighted by Crippen LogP contribution is 2.26. The zero-order valence-electron chi connectivity index (χ0n) is 8.96. The average Bonchev–Trinajstić information content (AvgIpc) is 2.30. The van der Waals surface area contributed by atoms with E-state index in [2.05, 4.69) is 4.98 Å². The summed E-state index contributed by atoms with van der Waals surface area (Å²) in [5, 5.41) is 0.775. The zero-order chi connectivity index (χ0) is 13.1. The van der Waals surface area contributed by atoms with Gasteiger partial charge in [-0.25, -0.2) is 9.37 Å². The molecular formula is C12H7Cl3FNO. The molecule has 94 valence electrons. The maximum atomic E-state index is 12.8. The Morgan fingerprint density at radius 2 is 1.89 bits per heavy atom. The van der Waals surface area contributed by atoms with Crippen LogP contribution in [0.5, 0.6) is 5.75 Å². The third-order valence-corrected chi connectivity index (χ3v) is 3.00. The van der Waals surface area contributed by atoms with Crippen molar-refractivity contribution in [3.8, 4) is 5.75 Å². The molecule has 1 aromatic heterocycles. The van der Waals surface area contributed by atoms with Crippen LogP contribution in [0.15, 0.2) is 30.3 Å². The van der Waals surface area contributed by atoms with Gasteiger partial charge in [-0.1, -0.05) is 34.8 Å². The number of pyridine rings is 1. The molecule has 0 aliphatic rings. The Labute approximate surface area is 118 Å². The van der Waals surface area contributed by atoms with Crippen molar-refractivity contribution in [3.05, 3.63) is 57.0 Å². The van der Waals surface area contributed by atoms with Gasteiger partial charge >= 0.3 is 0 Å². The number of benzene rings is 1. The number of rotatable bonds is 3. The van der Waals surface area contributed by atoms with Gasteiger partial charge in [-0.3, -0.25) is 0 Å². The van der Waals surface area contributed by atoms with Crippen molar-refractivity contribution in [2.24, 2.45) is 0 Å². The Hall–Kier alpha value is -1.03. The summed E-state index contributed by atoms with van der Waals surface area (Å²) in [5.41, 5.74) is 0.668. The van der Waals surface area contributed by atoms with Crippen molar-refractivity contribution in [2.75, 3.05) is 0 Å². The summed E-state index contributed by atoms with van der Waals surface area (Å²) < 4.78 is 18.3. The van der Waals surface area contributed by atoms with Crippen molar-refractivity contribution in [2.45, 2.75) is 6.61 Å². The molecule has 0 bridgehead atoms. The fourth-order valence-corrected chi connectivity index (χ4v) is 1.92. The molecule has 0 aliphatic heterocycles. The highest BCUT2D eigenvalue weighted by atomic mass is 35.5. The van der Waals surface area contributed by atoms with Gasteiger partial charge in [0.2, 0.25) is 0 Å². The van der Waals surface area contributed by atoms with Crippen LogP contribution in [-0.4, -0.2) is 4.98 Å². The first-order valence-corrected chi connectivity index (χ1v) is 6.08. The normalized spacial score (nSPS) is 10.4. The van der Waals surface area contributed by atoms with Crippen LogP contribution in [0.3, 0.4) is 0 Å². The summed E-state index contributed by atoms with van der Waals surface area (Å²) in [6, 6.07) is 7.21. The minimum atomic E-state index is -0.418. The molecule has 18 heavy (non-hydrogen) atoms. The lowest BCUT2D eigenvalue weighted by Gasteiger charge is -2.09. The van der Waals surface area contributed by atoms with E-state index in [0.717, 1.165) is 0 Å². The van der Waals surface area contributed by atoms with Gasteiger partial charge in [0.1, 0.15) is 28.5 Å². The summed E-state index contributed by atoms with van der Waals surface area (Å²) in [6.45, 7) is 0.175. The first kappa shape index (κ1) is 13.4. The minimum Gasteiger partial charge on any atom is -0.487 e. The van der Waals surface area contributed by atoms with E-state index in [-0.39, 0.29) is 16.8 Å². The standard InChI is InChI=1S/C12H7Cl3FNO/c13-9-5-8(16)2-3-10(9)18-6-7-1-4-11(14)17-12(7)15/h1-5H,6H2. The topological polar surface area (TPSA) is 22.1 Å². The summed E-state index contributed by atoms with van der Waals surface area (Å²) in [4.78, 5) is 3.88. The predicted molar refractivity (Wildman–Crippen MR) is 70.0 cm³/mol. The molecule has 0 spiro atoms. The fourth-order valence-electron chi connectivity index (χ4n) is 1.30. The van der Waals surface area contributed by atoms with E-state index < -0.39 is 5.82 Å². The molecule has 0 radical (unpaired) electrons. The molecule has 0 unspecified atom stereocenters. The summed E-state index contributed by atoms with van der Waals surface area (Å²) in [7, 11) is 0. The van der Waals surface area contributed by atoms with Crippen LogP contribution in [0, 0.1) is 5.82 Å². The van der Waals surface area contributed by atoms with Crippen LogP contribution in [0.1, 0.15) is 5.56 Å². The molecule has 2 nitrogen and oxygen atoms in total. The van der Waals surface area contributed by atoms with E-state index in [1.807, 2.05) is 0 Å². The van der Waals surface area contributed by atoms with Crippen LogP contribution < -0.4 is 4.74 Å². The van der Waals surface area contributed by atoms with Crippen molar-refractivity contribution in [1.82, 2.24) is 4.98 Å². The number of ether oxygens (including phenoxy) is 1. The largest absolute Gasteiger partial charge is 0.487 e. The molecule has 6 heteroatoms. The lowest BCUT2D eigenvalue weighted by atomic mass is 10.3. The first-order chi connectivity index (χ1) is 8.56. The summed E-state index contributed by atoms with van der Waals surface area (Å²) in [6.07, 6.45) is 0. The maximum Gasteiger partial charge on any atom is 0.138 e. The number of hydrogen-bond acceptors (Lipinski definition) is 2. The van der Waals surface area contributed by atoms with Gasteiger partial charge in [-0.05, 0) is 30.3 Å². The molecule has 0 fully saturated rings. The van der Waals surface area contributed by atoms with Gasteiger partial charge in [-0.2, -0.15) is 0 Å². The molecule has 2 rings (SSSR count). The molecular weight excluding hydrogens is 299 g/mol.